The van der Waals surface area contributed by atoms with Crippen LogP contribution in [0.2, 0.25) is 0 Å². The Bertz CT molecular complexity index is 168. The molecular formula is C10H18O3. The van der Waals surface area contributed by atoms with Crippen molar-refractivity contribution in [2.45, 2.75) is 45.6 Å². The van der Waals surface area contributed by atoms with Gasteiger partial charge in [-0.15, -0.1) is 0 Å². The summed E-state index contributed by atoms with van der Waals surface area (Å²) in [5.41, 5.74) is 0. The molecule has 1 fully saturated rings. The van der Waals surface area contributed by atoms with Gasteiger partial charge in [-0.25, -0.2) is 0 Å². The van der Waals surface area contributed by atoms with Gasteiger partial charge in [-0.3, -0.25) is 4.79 Å². The van der Waals surface area contributed by atoms with E-state index in [1.54, 1.807) is 0 Å². The lowest BCUT2D eigenvalue weighted by Crippen LogP contribution is -2.26. The van der Waals surface area contributed by atoms with E-state index in [0.29, 0.717) is 5.92 Å². The second-order valence-electron chi connectivity index (χ2n) is 3.72. The van der Waals surface area contributed by atoms with Gasteiger partial charge in [0.25, 0.3) is 0 Å². The minimum Gasteiger partial charge on any atom is -0.439 e. The SMILES string of the molecule is CC(=O)OCOC1CCCCC1C. The third kappa shape index (κ3) is 3.77. The second kappa shape index (κ2) is 5.22. The molecule has 0 radical (unpaired) electrons. The summed E-state index contributed by atoms with van der Waals surface area (Å²) in [6, 6.07) is 0. The molecule has 0 spiro atoms. The number of rotatable bonds is 3. The van der Waals surface area contributed by atoms with Gasteiger partial charge in [0.1, 0.15) is 0 Å². The predicted molar refractivity (Wildman–Crippen MR) is 49.1 cm³/mol. The molecule has 3 nitrogen and oxygen atoms in total. The van der Waals surface area contributed by atoms with Gasteiger partial charge in [-0.2, -0.15) is 0 Å². The van der Waals surface area contributed by atoms with Crippen LogP contribution in [0.3, 0.4) is 0 Å². The van der Waals surface area contributed by atoms with Crippen LogP contribution in [0.25, 0.3) is 0 Å². The third-order valence-electron chi connectivity index (χ3n) is 2.58. The van der Waals surface area contributed by atoms with Gasteiger partial charge in [-0.05, 0) is 18.8 Å². The van der Waals surface area contributed by atoms with Crippen molar-refractivity contribution in [3.05, 3.63) is 0 Å². The number of esters is 1. The van der Waals surface area contributed by atoms with E-state index >= 15 is 0 Å². The highest BCUT2D eigenvalue weighted by Crippen LogP contribution is 2.26. The van der Waals surface area contributed by atoms with Crippen molar-refractivity contribution >= 4 is 5.97 Å². The first-order valence-electron chi connectivity index (χ1n) is 4.95. The van der Waals surface area contributed by atoms with Crippen molar-refractivity contribution in [3.63, 3.8) is 0 Å². The number of carbonyl (C=O) groups excluding carboxylic acids is 1. The molecule has 0 aromatic heterocycles. The molecule has 3 heteroatoms. The largest absolute Gasteiger partial charge is 0.439 e. The minimum absolute atomic E-state index is 0.115. The Labute approximate surface area is 79.4 Å². The zero-order chi connectivity index (χ0) is 9.68. The molecule has 1 aliphatic rings. The van der Waals surface area contributed by atoms with E-state index in [1.165, 1.54) is 26.2 Å². The second-order valence-corrected chi connectivity index (χ2v) is 3.72. The lowest BCUT2D eigenvalue weighted by Gasteiger charge is -2.28. The fourth-order valence-electron chi connectivity index (χ4n) is 1.73. The van der Waals surface area contributed by atoms with Gasteiger partial charge in [0.2, 0.25) is 0 Å². The van der Waals surface area contributed by atoms with Gasteiger partial charge >= 0.3 is 5.97 Å². The van der Waals surface area contributed by atoms with Crippen molar-refractivity contribution in [2.75, 3.05) is 6.79 Å². The van der Waals surface area contributed by atoms with E-state index in [0.717, 1.165) is 6.42 Å². The highest BCUT2D eigenvalue weighted by Gasteiger charge is 2.21. The molecule has 76 valence electrons. The molecule has 0 saturated heterocycles. The Morgan fingerprint density at radius 3 is 2.69 bits per heavy atom. The highest BCUT2D eigenvalue weighted by atomic mass is 16.7. The van der Waals surface area contributed by atoms with Gasteiger partial charge in [0, 0.05) is 6.92 Å². The molecule has 2 unspecified atom stereocenters. The first-order valence-corrected chi connectivity index (χ1v) is 4.95. The quantitative estimate of drug-likeness (QED) is 0.500. The molecule has 0 aromatic carbocycles. The maximum Gasteiger partial charge on any atom is 0.304 e. The summed E-state index contributed by atoms with van der Waals surface area (Å²) in [4.78, 5) is 10.5. The highest BCUT2D eigenvalue weighted by molar-refractivity contribution is 5.65. The van der Waals surface area contributed by atoms with Crippen LogP contribution in [0.15, 0.2) is 0 Å². The maximum atomic E-state index is 10.5. The lowest BCUT2D eigenvalue weighted by molar-refractivity contribution is -0.162. The summed E-state index contributed by atoms with van der Waals surface area (Å²) >= 11 is 0. The van der Waals surface area contributed by atoms with Crippen molar-refractivity contribution in [3.8, 4) is 0 Å². The monoisotopic (exact) mass is 186 g/mol. The number of ether oxygens (including phenoxy) is 2. The van der Waals surface area contributed by atoms with E-state index in [1.807, 2.05) is 0 Å². The van der Waals surface area contributed by atoms with E-state index in [4.69, 9.17) is 9.47 Å². The molecular weight excluding hydrogens is 168 g/mol. The molecule has 1 saturated carbocycles. The fraction of sp³-hybridized carbons (Fsp3) is 0.900. The summed E-state index contributed by atoms with van der Waals surface area (Å²) in [7, 11) is 0. The smallest absolute Gasteiger partial charge is 0.304 e. The Morgan fingerprint density at radius 1 is 1.38 bits per heavy atom. The summed E-state index contributed by atoms with van der Waals surface area (Å²) in [6.07, 6.45) is 5.14. The summed E-state index contributed by atoms with van der Waals surface area (Å²) in [5.74, 6) is 0.327. The van der Waals surface area contributed by atoms with Crippen LogP contribution in [0.4, 0.5) is 0 Å². The maximum absolute atomic E-state index is 10.5. The average molecular weight is 186 g/mol. The Kier molecular flexibility index (Phi) is 4.22. The number of hydrogen-bond acceptors (Lipinski definition) is 3. The molecule has 0 N–H and O–H groups in total. The standard InChI is InChI=1S/C10H18O3/c1-8-5-3-4-6-10(8)13-7-12-9(2)11/h8,10H,3-7H2,1-2H3. The fourth-order valence-corrected chi connectivity index (χ4v) is 1.73. The lowest BCUT2D eigenvalue weighted by atomic mass is 9.88. The molecule has 13 heavy (non-hydrogen) atoms. The first-order chi connectivity index (χ1) is 6.20. The predicted octanol–water partition coefficient (Wildman–Crippen LogP) is 2.10. The van der Waals surface area contributed by atoms with Crippen molar-refractivity contribution in [2.24, 2.45) is 5.92 Å². The number of carbonyl (C=O) groups is 1. The molecule has 0 amide bonds. The van der Waals surface area contributed by atoms with E-state index < -0.39 is 0 Å². The van der Waals surface area contributed by atoms with Crippen LogP contribution in [-0.4, -0.2) is 18.9 Å². The molecule has 2 atom stereocenters. The van der Waals surface area contributed by atoms with Crippen molar-refractivity contribution in [1.29, 1.82) is 0 Å². The molecule has 0 bridgehead atoms. The van der Waals surface area contributed by atoms with Crippen LogP contribution in [-0.2, 0) is 14.3 Å². The van der Waals surface area contributed by atoms with Gasteiger partial charge < -0.3 is 9.47 Å². The first kappa shape index (κ1) is 10.5. The van der Waals surface area contributed by atoms with Crippen molar-refractivity contribution < 1.29 is 14.3 Å². The molecule has 1 rings (SSSR count). The zero-order valence-electron chi connectivity index (χ0n) is 8.41. The van der Waals surface area contributed by atoms with Crippen molar-refractivity contribution in [1.82, 2.24) is 0 Å². The van der Waals surface area contributed by atoms with Crippen LogP contribution < -0.4 is 0 Å². The van der Waals surface area contributed by atoms with Crippen LogP contribution in [0.5, 0.6) is 0 Å². The topological polar surface area (TPSA) is 35.5 Å². The van der Waals surface area contributed by atoms with Gasteiger partial charge in [-0.1, -0.05) is 19.8 Å². The third-order valence-corrected chi connectivity index (χ3v) is 2.58. The molecule has 1 aliphatic carbocycles. The zero-order valence-corrected chi connectivity index (χ0v) is 8.41. The Morgan fingerprint density at radius 2 is 2.08 bits per heavy atom. The normalized spacial score (nSPS) is 28.5. The Balaban J connectivity index is 2.15. The molecule has 0 aromatic rings. The van der Waals surface area contributed by atoms with E-state index in [-0.39, 0.29) is 18.9 Å². The van der Waals surface area contributed by atoms with Crippen LogP contribution in [0.1, 0.15) is 39.5 Å². The summed E-state index contributed by atoms with van der Waals surface area (Å²) in [5, 5.41) is 0. The van der Waals surface area contributed by atoms with Gasteiger partial charge in [0.15, 0.2) is 6.79 Å². The number of hydrogen-bond donors (Lipinski definition) is 0. The summed E-state index contributed by atoms with van der Waals surface area (Å²) < 4.78 is 10.2. The van der Waals surface area contributed by atoms with Crippen LogP contribution >= 0.6 is 0 Å². The van der Waals surface area contributed by atoms with Gasteiger partial charge in [0.05, 0.1) is 6.10 Å². The molecule has 0 aliphatic heterocycles. The van der Waals surface area contributed by atoms with E-state index in [2.05, 4.69) is 6.92 Å². The van der Waals surface area contributed by atoms with Crippen LogP contribution in [0, 0.1) is 5.92 Å². The summed E-state index contributed by atoms with van der Waals surface area (Å²) in [6.45, 7) is 3.70. The Hall–Kier alpha value is -0.570. The molecule has 0 heterocycles. The van der Waals surface area contributed by atoms with E-state index in [9.17, 15) is 4.79 Å². The average Bonchev–Trinajstić information content (AvgIpc) is 2.08. The minimum atomic E-state index is -0.275.